The monoisotopic (exact) mass is 454 g/mol. The zero-order chi connectivity index (χ0) is 20.8. The van der Waals surface area contributed by atoms with Crippen LogP contribution < -0.4 is 14.9 Å². The molecule has 0 saturated carbocycles. The molecule has 0 spiro atoms. The van der Waals surface area contributed by atoms with Crippen LogP contribution in [0.5, 0.6) is 0 Å². The van der Waals surface area contributed by atoms with Crippen molar-refractivity contribution in [3.8, 4) is 0 Å². The van der Waals surface area contributed by atoms with Crippen molar-refractivity contribution in [3.63, 3.8) is 0 Å². The fraction of sp³-hybridized carbons (Fsp3) is 0.174. The molecule has 2 aliphatic rings. The van der Waals surface area contributed by atoms with Gasteiger partial charge in [-0.25, -0.2) is 4.99 Å². The summed E-state index contributed by atoms with van der Waals surface area (Å²) in [6.07, 6.45) is 3.78. The number of halogens is 2. The molecule has 0 bridgehead atoms. The van der Waals surface area contributed by atoms with Gasteiger partial charge in [-0.05, 0) is 48.2 Å². The van der Waals surface area contributed by atoms with Gasteiger partial charge in [0.2, 0.25) is 0 Å². The van der Waals surface area contributed by atoms with Crippen molar-refractivity contribution in [1.29, 1.82) is 0 Å². The van der Waals surface area contributed by atoms with E-state index in [0.717, 1.165) is 29.7 Å². The van der Waals surface area contributed by atoms with Gasteiger partial charge in [0.05, 0.1) is 16.3 Å². The van der Waals surface area contributed by atoms with Crippen molar-refractivity contribution in [1.82, 2.24) is 4.57 Å². The van der Waals surface area contributed by atoms with Crippen LogP contribution in [0, 0.1) is 0 Å². The van der Waals surface area contributed by atoms with Crippen LogP contribution >= 0.6 is 34.5 Å². The zero-order valence-electron chi connectivity index (χ0n) is 15.8. The predicted molar refractivity (Wildman–Crippen MR) is 120 cm³/mol. The van der Waals surface area contributed by atoms with Gasteiger partial charge in [-0.15, -0.1) is 0 Å². The maximum atomic E-state index is 13.4. The highest BCUT2D eigenvalue weighted by Gasteiger charge is 2.34. The van der Waals surface area contributed by atoms with Crippen molar-refractivity contribution in [3.05, 3.63) is 101 Å². The number of nitrogens with zero attached hydrogens (tertiary/aromatic N) is 2. The maximum absolute atomic E-state index is 13.4. The minimum atomic E-state index is -0.491. The fourth-order valence-corrected chi connectivity index (χ4v) is 5.33. The van der Waals surface area contributed by atoms with Crippen molar-refractivity contribution in [2.24, 2.45) is 4.99 Å². The van der Waals surface area contributed by atoms with E-state index >= 15 is 0 Å². The van der Waals surface area contributed by atoms with Gasteiger partial charge in [-0.2, -0.15) is 0 Å². The molecular weight excluding hydrogens is 439 g/mol. The number of carbonyl (C=O) groups is 1. The van der Waals surface area contributed by atoms with Crippen LogP contribution in [0.25, 0.3) is 6.08 Å². The highest BCUT2D eigenvalue weighted by Crippen LogP contribution is 2.36. The van der Waals surface area contributed by atoms with Crippen LogP contribution in [0.15, 0.2) is 69.6 Å². The number of rotatable bonds is 2. The molecule has 0 saturated heterocycles. The molecule has 1 aliphatic heterocycles. The lowest BCUT2D eigenvalue weighted by molar-refractivity contribution is -0.116. The van der Waals surface area contributed by atoms with Crippen LogP contribution in [0.2, 0.25) is 10.0 Å². The average Bonchev–Trinajstić information content (AvgIpc) is 3.04. The molecule has 7 heteroatoms. The number of ketones is 1. The Labute approximate surface area is 186 Å². The van der Waals surface area contributed by atoms with Gasteiger partial charge in [-0.1, -0.05) is 64.9 Å². The molecule has 0 N–H and O–H groups in total. The van der Waals surface area contributed by atoms with E-state index in [1.54, 1.807) is 28.8 Å². The first-order valence-corrected chi connectivity index (χ1v) is 11.2. The molecule has 1 aromatic heterocycles. The molecule has 0 radical (unpaired) electrons. The smallest absolute Gasteiger partial charge is 0.271 e. The van der Waals surface area contributed by atoms with Gasteiger partial charge in [0, 0.05) is 22.0 Å². The topological polar surface area (TPSA) is 51.4 Å². The van der Waals surface area contributed by atoms with Crippen LogP contribution in [0.3, 0.4) is 0 Å². The lowest BCUT2D eigenvalue weighted by atomic mass is 9.86. The molecular formula is C23H16Cl2N2O2S. The van der Waals surface area contributed by atoms with Gasteiger partial charge >= 0.3 is 0 Å². The Bertz CT molecular complexity index is 1380. The van der Waals surface area contributed by atoms with Crippen molar-refractivity contribution < 1.29 is 4.79 Å². The number of allylic oxidation sites excluding steroid dienone is 2. The van der Waals surface area contributed by atoms with Crippen LogP contribution in [-0.2, 0) is 4.79 Å². The second-order valence-electron chi connectivity index (χ2n) is 7.29. The van der Waals surface area contributed by atoms with Crippen LogP contribution in [0.1, 0.15) is 36.4 Å². The number of hydrogen-bond donors (Lipinski definition) is 0. The Balaban J connectivity index is 1.78. The first kappa shape index (κ1) is 19.5. The Kier molecular flexibility index (Phi) is 4.97. The number of benzene rings is 2. The third-order valence-electron chi connectivity index (χ3n) is 5.41. The molecule has 4 nitrogen and oxygen atoms in total. The molecule has 0 amide bonds. The fourth-order valence-electron chi connectivity index (χ4n) is 4.00. The SMILES string of the molecule is O=C1CCCC2=C1C(c1ccc(Cl)cc1)n1c(sc(=Cc3ccccc3Cl)c1=O)=N2. The Morgan fingerprint density at radius 3 is 2.57 bits per heavy atom. The summed E-state index contributed by atoms with van der Waals surface area (Å²) in [4.78, 5) is 31.6. The molecule has 30 heavy (non-hydrogen) atoms. The van der Waals surface area contributed by atoms with E-state index in [1.165, 1.54) is 11.3 Å². The third-order valence-corrected chi connectivity index (χ3v) is 6.98. The quantitative estimate of drug-likeness (QED) is 0.580. The maximum Gasteiger partial charge on any atom is 0.271 e. The second-order valence-corrected chi connectivity index (χ2v) is 9.15. The molecule has 0 fully saturated rings. The number of Topliss-reactive ketones (excluding diaryl/α,β-unsaturated/α-hetero) is 1. The summed E-state index contributed by atoms with van der Waals surface area (Å²) in [7, 11) is 0. The van der Waals surface area contributed by atoms with E-state index in [2.05, 4.69) is 0 Å². The second kappa shape index (κ2) is 7.65. The summed E-state index contributed by atoms with van der Waals surface area (Å²) >= 11 is 13.7. The molecule has 150 valence electrons. The molecule has 2 aromatic carbocycles. The molecule has 1 unspecified atom stereocenters. The van der Waals surface area contributed by atoms with Crippen LogP contribution in [0.4, 0.5) is 0 Å². The van der Waals surface area contributed by atoms with Gasteiger partial charge in [0.1, 0.15) is 0 Å². The number of aromatic nitrogens is 1. The largest absolute Gasteiger partial charge is 0.294 e. The van der Waals surface area contributed by atoms with Gasteiger partial charge in [-0.3, -0.25) is 14.2 Å². The highest BCUT2D eigenvalue weighted by molar-refractivity contribution is 7.07. The zero-order valence-corrected chi connectivity index (χ0v) is 18.1. The summed E-state index contributed by atoms with van der Waals surface area (Å²) in [5.74, 6) is 0.0559. The Morgan fingerprint density at radius 1 is 1.03 bits per heavy atom. The average molecular weight is 455 g/mol. The van der Waals surface area contributed by atoms with Crippen molar-refractivity contribution in [2.45, 2.75) is 25.3 Å². The van der Waals surface area contributed by atoms with E-state index in [4.69, 9.17) is 28.2 Å². The van der Waals surface area contributed by atoms with Crippen molar-refractivity contribution in [2.75, 3.05) is 0 Å². The van der Waals surface area contributed by atoms with Crippen molar-refractivity contribution >= 4 is 46.4 Å². The van der Waals surface area contributed by atoms with E-state index in [0.29, 0.717) is 31.4 Å². The summed E-state index contributed by atoms with van der Waals surface area (Å²) in [5.41, 5.74) is 2.86. The van der Waals surface area contributed by atoms with Gasteiger partial charge in [0.25, 0.3) is 5.56 Å². The standard InChI is InChI=1S/C23H16Cl2N2O2S/c24-15-10-8-13(9-11-15)21-20-17(6-3-7-18(20)28)26-23-27(21)22(29)19(30-23)12-14-4-1-2-5-16(14)25/h1-2,4-5,8-12,21H,3,6-7H2. The lowest BCUT2D eigenvalue weighted by Crippen LogP contribution is -2.40. The van der Waals surface area contributed by atoms with E-state index in [1.807, 2.05) is 30.3 Å². The van der Waals surface area contributed by atoms with E-state index in [-0.39, 0.29) is 11.3 Å². The first-order chi connectivity index (χ1) is 14.5. The lowest BCUT2D eigenvalue weighted by Gasteiger charge is -2.28. The summed E-state index contributed by atoms with van der Waals surface area (Å²) in [6.45, 7) is 0. The predicted octanol–water partition coefficient (Wildman–Crippen LogP) is 4.28. The summed E-state index contributed by atoms with van der Waals surface area (Å²) in [5, 5.41) is 1.18. The Morgan fingerprint density at radius 2 is 1.80 bits per heavy atom. The normalized spacial score (nSPS) is 18.8. The number of fused-ring (bicyclic) bond motifs is 1. The number of thiazole rings is 1. The summed E-state index contributed by atoms with van der Waals surface area (Å²) in [6, 6.07) is 14.2. The molecule has 5 rings (SSSR count). The summed E-state index contributed by atoms with van der Waals surface area (Å²) < 4.78 is 2.17. The first-order valence-electron chi connectivity index (χ1n) is 9.61. The highest BCUT2D eigenvalue weighted by atomic mass is 35.5. The van der Waals surface area contributed by atoms with Gasteiger partial charge < -0.3 is 0 Å². The third kappa shape index (κ3) is 3.27. The minimum absolute atomic E-state index is 0.0559. The van der Waals surface area contributed by atoms with E-state index < -0.39 is 6.04 Å². The molecule has 1 aliphatic carbocycles. The number of carbonyl (C=O) groups excluding carboxylic acids is 1. The van der Waals surface area contributed by atoms with E-state index in [9.17, 15) is 9.59 Å². The van der Waals surface area contributed by atoms with Crippen LogP contribution in [-0.4, -0.2) is 10.4 Å². The Hall–Kier alpha value is -2.47. The molecule has 1 atom stereocenters. The number of hydrogen-bond acceptors (Lipinski definition) is 4. The minimum Gasteiger partial charge on any atom is -0.294 e. The molecule has 2 heterocycles. The molecule has 3 aromatic rings. The van der Waals surface area contributed by atoms with Gasteiger partial charge in [0.15, 0.2) is 10.6 Å².